The van der Waals surface area contributed by atoms with Crippen molar-refractivity contribution in [3.63, 3.8) is 0 Å². The number of rotatable bonds is 7. The average Bonchev–Trinajstić information content (AvgIpc) is 3.33. The van der Waals surface area contributed by atoms with E-state index in [0.29, 0.717) is 17.8 Å². The Kier molecular flexibility index (Phi) is 5.77. The zero-order chi connectivity index (χ0) is 26.7. The topological polar surface area (TPSA) is 101 Å². The lowest BCUT2D eigenvalue weighted by molar-refractivity contribution is 0.205. The van der Waals surface area contributed by atoms with E-state index in [-0.39, 0.29) is 0 Å². The van der Waals surface area contributed by atoms with Gasteiger partial charge in [0.25, 0.3) is 0 Å². The van der Waals surface area contributed by atoms with E-state index in [1.54, 1.807) is 7.11 Å². The van der Waals surface area contributed by atoms with E-state index >= 15 is 0 Å². The van der Waals surface area contributed by atoms with Crippen molar-refractivity contribution < 1.29 is 4.74 Å². The minimum Gasteiger partial charge on any atom is -0.496 e. The lowest BCUT2D eigenvalue weighted by atomic mass is 9.96. The van der Waals surface area contributed by atoms with Crippen molar-refractivity contribution in [1.29, 1.82) is 0 Å². The highest BCUT2D eigenvalue weighted by Gasteiger charge is 2.29. The number of H-pyrrole nitrogens is 2. The first kappa shape index (κ1) is 24.1. The Morgan fingerprint density at radius 3 is 2.79 bits per heavy atom. The quantitative estimate of drug-likeness (QED) is 0.306. The summed E-state index contributed by atoms with van der Waals surface area (Å²) in [5.74, 6) is 3.86. The van der Waals surface area contributed by atoms with E-state index in [2.05, 4.69) is 58.2 Å². The van der Waals surface area contributed by atoms with Crippen molar-refractivity contribution in [2.24, 2.45) is 7.05 Å². The van der Waals surface area contributed by atoms with Crippen LogP contribution in [0.3, 0.4) is 0 Å². The lowest BCUT2D eigenvalue weighted by Crippen LogP contribution is -2.33. The molecular weight excluding hydrogens is 488 g/mol. The summed E-state index contributed by atoms with van der Waals surface area (Å²) in [5, 5.41) is 13.4. The number of aromatic nitrogens is 7. The van der Waals surface area contributed by atoms with Crippen molar-refractivity contribution in [2.45, 2.75) is 51.5 Å². The number of aryl methyl sites for hydroxylation is 1. The Morgan fingerprint density at radius 1 is 1.13 bits per heavy atom. The molecule has 7 rings (SSSR count). The van der Waals surface area contributed by atoms with Crippen LogP contribution in [-0.4, -0.2) is 60.0 Å². The minimum absolute atomic E-state index is 0.305. The summed E-state index contributed by atoms with van der Waals surface area (Å²) in [7, 11) is 3.67. The molecule has 1 atom stereocenters. The van der Waals surface area contributed by atoms with Gasteiger partial charge in [0.1, 0.15) is 17.4 Å². The number of fused-ring (bicyclic) bond motifs is 2. The molecule has 200 valence electrons. The second kappa shape index (κ2) is 9.34. The van der Waals surface area contributed by atoms with Crippen LogP contribution in [0.5, 0.6) is 5.75 Å². The number of imidazole rings is 1. The van der Waals surface area contributed by atoms with Gasteiger partial charge in [-0.05, 0) is 61.6 Å². The molecule has 1 fully saturated rings. The number of methoxy groups -OCH3 is 1. The standard InChI is InChI=1S/C30H34N8O/c1-5-38-13-12-24-28(17(38)2)34-30(32-24)21-10-8-20(14-25(21)39-4)29-33-26(37(3)36-29)15-19-9-11-23-22(16-31-35-23)27(19)18-6-7-18/h8-11,14,16-18H,5-7,12-13,15H2,1-4H3,(H,31,35)(H,32,34). The molecule has 2 N–H and O–H groups in total. The van der Waals surface area contributed by atoms with E-state index < -0.39 is 0 Å². The summed E-state index contributed by atoms with van der Waals surface area (Å²) < 4.78 is 7.73. The summed E-state index contributed by atoms with van der Waals surface area (Å²) in [5.41, 5.74) is 8.05. The van der Waals surface area contributed by atoms with Crippen LogP contribution < -0.4 is 4.74 Å². The summed E-state index contributed by atoms with van der Waals surface area (Å²) in [6.45, 7) is 6.52. The van der Waals surface area contributed by atoms with Gasteiger partial charge in [-0.25, -0.2) is 9.97 Å². The Labute approximate surface area is 227 Å². The van der Waals surface area contributed by atoms with E-state index in [4.69, 9.17) is 19.8 Å². The van der Waals surface area contributed by atoms with E-state index in [0.717, 1.165) is 65.7 Å². The highest BCUT2D eigenvalue weighted by Crippen LogP contribution is 2.45. The molecule has 4 heterocycles. The predicted molar refractivity (Wildman–Crippen MR) is 151 cm³/mol. The van der Waals surface area contributed by atoms with Crippen LogP contribution in [0, 0.1) is 0 Å². The fourth-order valence-electron chi connectivity index (χ4n) is 6.12. The van der Waals surface area contributed by atoms with Crippen LogP contribution >= 0.6 is 0 Å². The maximum absolute atomic E-state index is 5.84. The third kappa shape index (κ3) is 4.12. The molecule has 2 aliphatic rings. The van der Waals surface area contributed by atoms with Crippen molar-refractivity contribution in [3.05, 3.63) is 64.9 Å². The molecule has 9 heteroatoms. The molecular formula is C30H34N8O. The molecule has 0 amide bonds. The van der Waals surface area contributed by atoms with Gasteiger partial charge < -0.3 is 9.72 Å². The predicted octanol–water partition coefficient (Wildman–Crippen LogP) is 5.16. The summed E-state index contributed by atoms with van der Waals surface area (Å²) >= 11 is 0. The number of ether oxygens (including phenoxy) is 1. The number of nitrogens with one attached hydrogen (secondary N) is 2. The molecule has 3 aromatic heterocycles. The number of likely N-dealkylation sites (N-methyl/N-ethyl adjacent to an activating group) is 1. The molecule has 0 bridgehead atoms. The largest absolute Gasteiger partial charge is 0.496 e. The third-order valence-corrected chi connectivity index (χ3v) is 8.47. The molecule has 1 unspecified atom stereocenters. The number of hydrogen-bond donors (Lipinski definition) is 2. The number of hydrogen-bond acceptors (Lipinski definition) is 6. The van der Waals surface area contributed by atoms with Gasteiger partial charge in [-0.3, -0.25) is 14.7 Å². The number of benzene rings is 2. The monoisotopic (exact) mass is 522 g/mol. The van der Waals surface area contributed by atoms with Crippen LogP contribution in [0.1, 0.15) is 67.0 Å². The maximum Gasteiger partial charge on any atom is 0.181 e. The Hall–Kier alpha value is -3.98. The summed E-state index contributed by atoms with van der Waals surface area (Å²) in [6.07, 6.45) is 6.15. The van der Waals surface area contributed by atoms with Gasteiger partial charge in [0.05, 0.1) is 36.1 Å². The van der Waals surface area contributed by atoms with Crippen molar-refractivity contribution in [2.75, 3.05) is 20.2 Å². The zero-order valence-electron chi connectivity index (χ0n) is 23.0. The fraction of sp³-hybridized carbons (Fsp3) is 0.400. The van der Waals surface area contributed by atoms with E-state index in [1.807, 2.05) is 24.0 Å². The normalized spacial score (nSPS) is 17.6. The molecule has 0 spiro atoms. The summed E-state index contributed by atoms with van der Waals surface area (Å²) in [4.78, 5) is 16.0. The molecule has 0 radical (unpaired) electrons. The smallest absolute Gasteiger partial charge is 0.181 e. The Bertz CT molecular complexity index is 1670. The average molecular weight is 523 g/mol. The zero-order valence-corrected chi connectivity index (χ0v) is 23.0. The second-order valence-corrected chi connectivity index (χ2v) is 10.8. The molecule has 39 heavy (non-hydrogen) atoms. The Balaban J connectivity index is 1.19. The van der Waals surface area contributed by atoms with Gasteiger partial charge in [-0.1, -0.05) is 19.1 Å². The van der Waals surface area contributed by atoms with Crippen molar-refractivity contribution in [1.82, 2.24) is 39.8 Å². The molecule has 0 saturated heterocycles. The Morgan fingerprint density at radius 2 is 2.00 bits per heavy atom. The van der Waals surface area contributed by atoms with Gasteiger partial charge in [0.15, 0.2) is 5.82 Å². The highest BCUT2D eigenvalue weighted by atomic mass is 16.5. The lowest BCUT2D eigenvalue weighted by Gasteiger charge is -2.31. The first-order chi connectivity index (χ1) is 19.0. The molecule has 9 nitrogen and oxygen atoms in total. The fourth-order valence-corrected chi connectivity index (χ4v) is 6.12. The summed E-state index contributed by atoms with van der Waals surface area (Å²) in [6, 6.07) is 10.8. The highest BCUT2D eigenvalue weighted by molar-refractivity contribution is 5.84. The first-order valence-electron chi connectivity index (χ1n) is 13.9. The molecule has 2 aromatic carbocycles. The molecule has 1 aliphatic carbocycles. The van der Waals surface area contributed by atoms with Gasteiger partial charge in [-0.15, -0.1) is 0 Å². The maximum atomic E-state index is 5.84. The van der Waals surface area contributed by atoms with Crippen LogP contribution in [0.4, 0.5) is 0 Å². The first-order valence-corrected chi connectivity index (χ1v) is 13.9. The van der Waals surface area contributed by atoms with Crippen molar-refractivity contribution in [3.8, 4) is 28.5 Å². The SMILES string of the molecule is CCN1CCc2[nH]c(-c3ccc(-c4nc(Cc5ccc6[nH]ncc6c5C5CC5)n(C)n4)cc3OC)nc2C1C. The molecule has 1 saturated carbocycles. The third-order valence-electron chi connectivity index (χ3n) is 8.47. The molecule has 5 aromatic rings. The minimum atomic E-state index is 0.305. The number of aromatic amines is 2. The molecule has 1 aliphatic heterocycles. The van der Waals surface area contributed by atoms with Crippen molar-refractivity contribution >= 4 is 10.9 Å². The van der Waals surface area contributed by atoms with Gasteiger partial charge in [0.2, 0.25) is 0 Å². The van der Waals surface area contributed by atoms with Crippen LogP contribution in [-0.2, 0) is 19.9 Å². The van der Waals surface area contributed by atoms with Crippen LogP contribution in [0.2, 0.25) is 0 Å². The van der Waals surface area contributed by atoms with E-state index in [1.165, 1.54) is 35.0 Å². The van der Waals surface area contributed by atoms with Gasteiger partial charge in [-0.2, -0.15) is 10.2 Å². The van der Waals surface area contributed by atoms with Crippen LogP contribution in [0.25, 0.3) is 33.7 Å². The van der Waals surface area contributed by atoms with Crippen LogP contribution in [0.15, 0.2) is 36.5 Å². The van der Waals surface area contributed by atoms with Gasteiger partial charge >= 0.3 is 0 Å². The number of nitrogens with zero attached hydrogens (tertiary/aromatic N) is 6. The second-order valence-electron chi connectivity index (χ2n) is 10.8. The van der Waals surface area contributed by atoms with Gasteiger partial charge in [0, 0.05) is 43.1 Å². The van der Waals surface area contributed by atoms with E-state index in [9.17, 15) is 0 Å².